The Balaban J connectivity index is 2.16. The number of hydrogen-bond donors (Lipinski definition) is 2. The summed E-state index contributed by atoms with van der Waals surface area (Å²) < 4.78 is 36.0. The molecule has 1 heterocycles. The molecule has 0 aliphatic carbocycles. The Morgan fingerprint density at radius 2 is 1.85 bits per heavy atom. The van der Waals surface area contributed by atoms with Crippen LogP contribution in [0.25, 0.3) is 10.4 Å². The van der Waals surface area contributed by atoms with Gasteiger partial charge >= 0.3 is 5.97 Å². The van der Waals surface area contributed by atoms with Gasteiger partial charge in [-0.15, -0.1) is 11.3 Å². The lowest BCUT2D eigenvalue weighted by Crippen LogP contribution is -2.20. The van der Waals surface area contributed by atoms with E-state index < -0.39 is 23.1 Å². The van der Waals surface area contributed by atoms with Gasteiger partial charge in [0.15, 0.2) is 0 Å². The highest BCUT2D eigenvalue weighted by Gasteiger charge is 2.25. The maximum atomic E-state index is 13.1. The topological polar surface area (TPSA) is 77.8 Å². The maximum absolute atomic E-state index is 13.1. The normalized spacial score (nSPS) is 12.0. The van der Waals surface area contributed by atoms with Crippen LogP contribution in [0.15, 0.2) is 54.6 Å². The summed E-state index contributed by atoms with van der Waals surface area (Å²) in [6.45, 7) is 1.83. The molecule has 26 heavy (non-hydrogen) atoms. The molecule has 3 aromatic rings. The largest absolute Gasteiger partial charge is 0.477 e. The zero-order valence-electron chi connectivity index (χ0n) is 13.5. The van der Waals surface area contributed by atoms with Crippen molar-refractivity contribution in [1.29, 1.82) is 0 Å². The predicted octanol–water partition coefficient (Wildman–Crippen LogP) is 4.84. The smallest absolute Gasteiger partial charge is 0.348 e. The molecule has 0 saturated heterocycles. The Morgan fingerprint density at radius 1 is 1.15 bits per heavy atom. The van der Waals surface area contributed by atoms with E-state index in [1.807, 2.05) is 13.0 Å². The fourth-order valence-corrected chi connectivity index (χ4v) is 4.16. The highest BCUT2D eigenvalue weighted by Crippen LogP contribution is 2.40. The highest BCUT2D eigenvalue weighted by molar-refractivity contribution is 7.81. The first-order valence-electron chi connectivity index (χ1n) is 7.47. The molecule has 2 aromatic carbocycles. The minimum absolute atomic E-state index is 0.0757. The molecule has 0 aliphatic heterocycles. The molecule has 5 nitrogen and oxygen atoms in total. The van der Waals surface area contributed by atoms with Gasteiger partial charge in [0.05, 0.1) is 11.4 Å². The van der Waals surface area contributed by atoms with Gasteiger partial charge in [0.2, 0.25) is 0 Å². The maximum Gasteiger partial charge on any atom is 0.348 e. The molecule has 0 fully saturated rings. The lowest BCUT2D eigenvalue weighted by Gasteiger charge is -2.20. The number of thiophene rings is 1. The van der Waals surface area contributed by atoms with Gasteiger partial charge in [-0.3, -0.25) is 4.55 Å². The van der Waals surface area contributed by atoms with E-state index in [-0.39, 0.29) is 10.6 Å². The molecular weight excluding hydrogens is 377 g/mol. The highest BCUT2D eigenvalue weighted by atomic mass is 32.2. The van der Waals surface area contributed by atoms with E-state index in [4.69, 9.17) is 0 Å². The Labute approximate surface area is 155 Å². The van der Waals surface area contributed by atoms with Crippen LogP contribution in [0.4, 0.5) is 15.8 Å². The molecule has 3 rings (SSSR count). The average Bonchev–Trinajstić information content (AvgIpc) is 3.00. The van der Waals surface area contributed by atoms with Gasteiger partial charge in [0, 0.05) is 4.88 Å². The van der Waals surface area contributed by atoms with Crippen molar-refractivity contribution in [2.45, 2.75) is 6.92 Å². The van der Waals surface area contributed by atoms with Gasteiger partial charge in [-0.2, -0.15) is 0 Å². The van der Waals surface area contributed by atoms with Crippen LogP contribution in [-0.4, -0.2) is 19.8 Å². The fourth-order valence-electron chi connectivity index (χ4n) is 2.51. The van der Waals surface area contributed by atoms with Crippen molar-refractivity contribution in [3.8, 4) is 10.4 Å². The van der Waals surface area contributed by atoms with Gasteiger partial charge < -0.3 is 5.11 Å². The summed E-state index contributed by atoms with van der Waals surface area (Å²) >= 11 is -1.51. The summed E-state index contributed by atoms with van der Waals surface area (Å²) in [5.74, 6) is -1.61. The lowest BCUT2D eigenvalue weighted by molar-refractivity contribution is 0.0703. The van der Waals surface area contributed by atoms with Crippen molar-refractivity contribution in [1.82, 2.24) is 0 Å². The van der Waals surface area contributed by atoms with Crippen molar-refractivity contribution in [3.05, 3.63) is 70.9 Å². The summed E-state index contributed by atoms with van der Waals surface area (Å²) in [7, 11) is 0. The van der Waals surface area contributed by atoms with Gasteiger partial charge in [0.25, 0.3) is 11.3 Å². The number of carboxylic acids is 1. The first-order chi connectivity index (χ1) is 12.4. The summed E-state index contributed by atoms with van der Waals surface area (Å²) in [6.07, 6.45) is 0. The molecule has 0 bridgehead atoms. The van der Waals surface area contributed by atoms with Crippen molar-refractivity contribution in [3.63, 3.8) is 0 Å². The molecule has 0 amide bonds. The quantitative estimate of drug-likeness (QED) is 0.611. The van der Waals surface area contributed by atoms with E-state index in [1.165, 1.54) is 30.3 Å². The molecule has 8 heteroatoms. The Kier molecular flexibility index (Phi) is 5.17. The number of aryl methyl sites for hydroxylation is 1. The molecule has 0 spiro atoms. The van der Waals surface area contributed by atoms with Crippen molar-refractivity contribution in [2.75, 3.05) is 4.31 Å². The molecule has 1 aromatic heterocycles. The van der Waals surface area contributed by atoms with Crippen LogP contribution in [-0.2, 0) is 11.3 Å². The first-order valence-corrected chi connectivity index (χ1v) is 9.35. The van der Waals surface area contributed by atoms with Crippen LogP contribution in [0, 0.1) is 12.7 Å². The average molecular weight is 391 g/mol. The second-order valence-corrected chi connectivity index (χ2v) is 7.38. The van der Waals surface area contributed by atoms with Crippen LogP contribution in [0.2, 0.25) is 0 Å². The lowest BCUT2D eigenvalue weighted by atomic mass is 10.1. The van der Waals surface area contributed by atoms with Gasteiger partial charge in [-0.1, -0.05) is 24.3 Å². The number of carbonyl (C=O) groups is 1. The summed E-state index contributed by atoms with van der Waals surface area (Å²) in [5.41, 5.74) is 1.99. The molecule has 2 N–H and O–H groups in total. The molecule has 134 valence electrons. The van der Waals surface area contributed by atoms with E-state index in [9.17, 15) is 23.1 Å². The van der Waals surface area contributed by atoms with Gasteiger partial charge in [0.1, 0.15) is 10.7 Å². The van der Waals surface area contributed by atoms with Crippen molar-refractivity contribution < 1.29 is 23.1 Å². The minimum atomic E-state index is -2.47. The van der Waals surface area contributed by atoms with Crippen LogP contribution in [0.5, 0.6) is 0 Å². The SMILES string of the molecule is Cc1cccc(N(c2cc(-c3ccc(F)cc3)sc2C(=O)O)S(=O)O)c1. The number of benzene rings is 2. The van der Waals surface area contributed by atoms with Crippen LogP contribution < -0.4 is 4.31 Å². The third kappa shape index (κ3) is 3.67. The van der Waals surface area contributed by atoms with E-state index in [2.05, 4.69) is 0 Å². The summed E-state index contributed by atoms with van der Waals surface area (Å²) in [4.78, 5) is 12.2. The monoisotopic (exact) mass is 391 g/mol. The third-order valence-electron chi connectivity index (χ3n) is 3.65. The molecule has 1 atom stereocenters. The van der Waals surface area contributed by atoms with Crippen LogP contribution in [0.3, 0.4) is 0 Å². The standard InChI is InChI=1S/C18H14FNO4S2/c1-11-3-2-4-14(9-11)20(26(23)24)15-10-16(25-17(15)18(21)22)12-5-7-13(19)8-6-12/h2-10H,1H3,(H,21,22)(H,23,24). The third-order valence-corrected chi connectivity index (χ3v) is 5.53. The zero-order valence-corrected chi connectivity index (χ0v) is 15.2. The van der Waals surface area contributed by atoms with E-state index in [1.54, 1.807) is 18.2 Å². The first kappa shape index (κ1) is 18.2. The van der Waals surface area contributed by atoms with E-state index in [0.717, 1.165) is 21.2 Å². The summed E-state index contributed by atoms with van der Waals surface area (Å²) in [6, 6.07) is 14.0. The number of rotatable bonds is 5. The molecule has 0 radical (unpaired) electrons. The number of aromatic carboxylic acids is 1. The number of anilines is 2. The zero-order chi connectivity index (χ0) is 18.8. The van der Waals surface area contributed by atoms with E-state index in [0.29, 0.717) is 16.1 Å². The number of hydrogen-bond acceptors (Lipinski definition) is 3. The second kappa shape index (κ2) is 7.36. The molecule has 0 saturated carbocycles. The molecule has 1 unspecified atom stereocenters. The van der Waals surface area contributed by atoms with Gasteiger partial charge in [-0.05, 0) is 48.4 Å². The van der Waals surface area contributed by atoms with Crippen LogP contribution in [0.1, 0.15) is 15.2 Å². The minimum Gasteiger partial charge on any atom is -0.477 e. The Morgan fingerprint density at radius 3 is 2.42 bits per heavy atom. The van der Waals surface area contributed by atoms with Crippen LogP contribution >= 0.6 is 11.3 Å². The second-order valence-electron chi connectivity index (χ2n) is 5.50. The number of halogens is 1. The summed E-state index contributed by atoms with van der Waals surface area (Å²) in [5, 5.41) is 9.55. The Hall–Kier alpha value is -2.55. The van der Waals surface area contributed by atoms with E-state index >= 15 is 0 Å². The number of nitrogens with zero attached hydrogens (tertiary/aromatic N) is 1. The Bertz CT molecular complexity index is 985. The predicted molar refractivity (Wildman–Crippen MR) is 101 cm³/mol. The number of carboxylic acid groups (broad SMARTS) is 1. The van der Waals surface area contributed by atoms with Crippen molar-refractivity contribution >= 4 is 39.9 Å². The van der Waals surface area contributed by atoms with Crippen molar-refractivity contribution in [2.24, 2.45) is 0 Å². The fraction of sp³-hybridized carbons (Fsp3) is 0.0556. The molecular formula is C18H14FNO4S2. The van der Waals surface area contributed by atoms with Gasteiger partial charge in [-0.25, -0.2) is 17.7 Å². The molecule has 0 aliphatic rings.